The molecule has 2 aromatic rings. The lowest BCUT2D eigenvalue weighted by Gasteiger charge is -2.21. The van der Waals surface area contributed by atoms with Crippen molar-refractivity contribution in [2.24, 2.45) is 4.99 Å². The first-order chi connectivity index (χ1) is 12.8. The van der Waals surface area contributed by atoms with Crippen LogP contribution < -0.4 is 10.6 Å². The standard InChI is InChI=1S/C21H28FN3O2/c1-5-23-20(24-12-21(4,26)17-10-13(2)27-14(17)3)25-19-11-16(19)15-8-6-7-9-18(15)22/h6-10,16,19,26H,5,11-12H2,1-4H3,(H2,23,24,25). The van der Waals surface area contributed by atoms with E-state index < -0.39 is 5.60 Å². The molecule has 3 atom stereocenters. The first kappa shape index (κ1) is 19.4. The molecule has 1 saturated carbocycles. The molecular weight excluding hydrogens is 345 g/mol. The number of aliphatic imine (C=N–C) groups is 1. The Labute approximate surface area is 159 Å². The van der Waals surface area contributed by atoms with Crippen LogP contribution in [-0.2, 0) is 5.60 Å². The topological polar surface area (TPSA) is 69.8 Å². The van der Waals surface area contributed by atoms with Gasteiger partial charge in [0.1, 0.15) is 22.9 Å². The summed E-state index contributed by atoms with van der Waals surface area (Å²) in [6.07, 6.45) is 0.863. The molecule has 1 aliphatic carbocycles. The Morgan fingerprint density at radius 3 is 2.74 bits per heavy atom. The Morgan fingerprint density at radius 2 is 2.11 bits per heavy atom. The number of hydrogen-bond donors (Lipinski definition) is 3. The number of nitrogens with zero attached hydrogens (tertiary/aromatic N) is 1. The number of hydrogen-bond acceptors (Lipinski definition) is 3. The second-order valence-corrected chi connectivity index (χ2v) is 7.41. The number of halogens is 1. The van der Waals surface area contributed by atoms with Crippen LogP contribution in [0.2, 0.25) is 0 Å². The third kappa shape index (κ3) is 4.50. The maximum atomic E-state index is 14.0. The number of guanidine groups is 1. The number of furan rings is 1. The van der Waals surface area contributed by atoms with Crippen molar-refractivity contribution in [3.63, 3.8) is 0 Å². The number of aliphatic hydroxyl groups is 1. The van der Waals surface area contributed by atoms with Crippen LogP contribution in [0.3, 0.4) is 0 Å². The molecule has 3 rings (SSSR count). The predicted octanol–water partition coefficient (Wildman–Crippen LogP) is 3.35. The van der Waals surface area contributed by atoms with Gasteiger partial charge in [0.2, 0.25) is 0 Å². The minimum Gasteiger partial charge on any atom is -0.466 e. The fraction of sp³-hybridized carbons (Fsp3) is 0.476. The number of nitrogens with one attached hydrogen (secondary N) is 2. The van der Waals surface area contributed by atoms with Crippen molar-refractivity contribution in [1.29, 1.82) is 0 Å². The summed E-state index contributed by atoms with van der Waals surface area (Å²) >= 11 is 0. The highest BCUT2D eigenvalue weighted by molar-refractivity contribution is 5.80. The summed E-state index contributed by atoms with van der Waals surface area (Å²) < 4.78 is 19.5. The molecule has 3 N–H and O–H groups in total. The molecule has 5 nitrogen and oxygen atoms in total. The first-order valence-electron chi connectivity index (χ1n) is 9.41. The van der Waals surface area contributed by atoms with E-state index in [4.69, 9.17) is 4.42 Å². The van der Waals surface area contributed by atoms with Crippen molar-refractivity contribution in [1.82, 2.24) is 10.6 Å². The second-order valence-electron chi connectivity index (χ2n) is 7.41. The van der Waals surface area contributed by atoms with E-state index in [-0.39, 0.29) is 24.3 Å². The van der Waals surface area contributed by atoms with E-state index in [1.165, 1.54) is 6.07 Å². The molecule has 1 aliphatic rings. The van der Waals surface area contributed by atoms with Crippen molar-refractivity contribution in [3.8, 4) is 0 Å². The van der Waals surface area contributed by atoms with Crippen LogP contribution in [0.4, 0.5) is 4.39 Å². The van der Waals surface area contributed by atoms with E-state index in [9.17, 15) is 9.50 Å². The predicted molar refractivity (Wildman–Crippen MR) is 104 cm³/mol. The SMILES string of the molecule is CCNC(=NCC(C)(O)c1cc(C)oc1C)NC1CC1c1ccccc1F. The van der Waals surface area contributed by atoms with E-state index in [1.807, 2.05) is 39.0 Å². The third-order valence-corrected chi connectivity index (χ3v) is 4.93. The van der Waals surface area contributed by atoms with Crippen LogP contribution in [0, 0.1) is 19.7 Å². The number of rotatable bonds is 6. The Kier molecular flexibility index (Phi) is 5.56. The van der Waals surface area contributed by atoms with E-state index in [0.29, 0.717) is 18.3 Å². The van der Waals surface area contributed by atoms with E-state index in [1.54, 1.807) is 13.0 Å². The molecule has 0 bridgehead atoms. The number of benzene rings is 1. The van der Waals surface area contributed by atoms with Crippen LogP contribution in [0.25, 0.3) is 0 Å². The zero-order valence-electron chi connectivity index (χ0n) is 16.3. The molecule has 0 saturated heterocycles. The van der Waals surface area contributed by atoms with Crippen molar-refractivity contribution in [2.75, 3.05) is 13.1 Å². The summed E-state index contributed by atoms with van der Waals surface area (Å²) in [6.45, 7) is 8.32. The van der Waals surface area contributed by atoms with Crippen molar-refractivity contribution in [3.05, 3.63) is 58.8 Å². The molecule has 1 fully saturated rings. The van der Waals surface area contributed by atoms with Crippen LogP contribution in [-0.4, -0.2) is 30.2 Å². The van der Waals surface area contributed by atoms with E-state index in [2.05, 4.69) is 15.6 Å². The van der Waals surface area contributed by atoms with Gasteiger partial charge in [-0.15, -0.1) is 0 Å². The molecule has 0 amide bonds. The van der Waals surface area contributed by atoms with Crippen molar-refractivity contribution in [2.45, 2.75) is 51.7 Å². The largest absolute Gasteiger partial charge is 0.466 e. The minimum absolute atomic E-state index is 0.141. The smallest absolute Gasteiger partial charge is 0.191 e. The molecule has 0 radical (unpaired) electrons. The van der Waals surface area contributed by atoms with E-state index in [0.717, 1.165) is 23.3 Å². The van der Waals surface area contributed by atoms with Crippen molar-refractivity contribution < 1.29 is 13.9 Å². The van der Waals surface area contributed by atoms with Gasteiger partial charge in [-0.05, 0) is 51.8 Å². The van der Waals surface area contributed by atoms with Gasteiger partial charge in [-0.25, -0.2) is 9.38 Å². The van der Waals surface area contributed by atoms with Crippen LogP contribution in [0.1, 0.15) is 48.8 Å². The Morgan fingerprint density at radius 1 is 1.37 bits per heavy atom. The summed E-state index contributed by atoms with van der Waals surface area (Å²) in [5.41, 5.74) is 0.358. The normalized spacial score (nSPS) is 21.6. The first-order valence-corrected chi connectivity index (χ1v) is 9.41. The average Bonchev–Trinajstić information content (AvgIpc) is 3.27. The van der Waals surface area contributed by atoms with Crippen molar-refractivity contribution >= 4 is 5.96 Å². The minimum atomic E-state index is -1.13. The molecular formula is C21H28FN3O2. The van der Waals surface area contributed by atoms with Gasteiger partial charge < -0.3 is 20.2 Å². The summed E-state index contributed by atoms with van der Waals surface area (Å²) in [6, 6.07) is 8.88. The summed E-state index contributed by atoms with van der Waals surface area (Å²) in [5, 5.41) is 17.4. The maximum absolute atomic E-state index is 14.0. The lowest BCUT2D eigenvalue weighted by atomic mass is 9.96. The summed E-state index contributed by atoms with van der Waals surface area (Å²) in [7, 11) is 0. The second kappa shape index (κ2) is 7.72. The highest BCUT2D eigenvalue weighted by atomic mass is 19.1. The maximum Gasteiger partial charge on any atom is 0.191 e. The zero-order valence-corrected chi connectivity index (χ0v) is 16.3. The quantitative estimate of drug-likeness (QED) is 0.536. The van der Waals surface area contributed by atoms with Crippen LogP contribution >= 0.6 is 0 Å². The van der Waals surface area contributed by atoms with Gasteiger partial charge in [-0.2, -0.15) is 0 Å². The fourth-order valence-electron chi connectivity index (χ4n) is 3.45. The lowest BCUT2D eigenvalue weighted by molar-refractivity contribution is 0.0657. The molecule has 0 spiro atoms. The van der Waals surface area contributed by atoms with Gasteiger partial charge in [-0.1, -0.05) is 18.2 Å². The van der Waals surface area contributed by atoms with Gasteiger partial charge >= 0.3 is 0 Å². The van der Waals surface area contributed by atoms with Gasteiger partial charge in [-0.3, -0.25) is 0 Å². The summed E-state index contributed by atoms with van der Waals surface area (Å²) in [4.78, 5) is 4.55. The summed E-state index contributed by atoms with van der Waals surface area (Å²) in [5.74, 6) is 2.08. The molecule has 0 aliphatic heterocycles. The Balaban J connectivity index is 1.67. The van der Waals surface area contributed by atoms with Crippen LogP contribution in [0.5, 0.6) is 0 Å². The zero-order chi connectivity index (χ0) is 19.6. The fourth-order valence-corrected chi connectivity index (χ4v) is 3.45. The molecule has 6 heteroatoms. The van der Waals surface area contributed by atoms with E-state index >= 15 is 0 Å². The van der Waals surface area contributed by atoms with Gasteiger partial charge in [0.25, 0.3) is 0 Å². The third-order valence-electron chi connectivity index (χ3n) is 4.93. The van der Waals surface area contributed by atoms with Gasteiger partial charge in [0, 0.05) is 24.1 Å². The molecule has 1 aromatic carbocycles. The molecule has 27 heavy (non-hydrogen) atoms. The molecule has 1 aromatic heterocycles. The molecule has 3 unspecified atom stereocenters. The average molecular weight is 373 g/mol. The Hall–Kier alpha value is -2.34. The lowest BCUT2D eigenvalue weighted by Crippen LogP contribution is -2.40. The van der Waals surface area contributed by atoms with Gasteiger partial charge in [0.05, 0.1) is 6.54 Å². The monoisotopic (exact) mass is 373 g/mol. The highest BCUT2D eigenvalue weighted by Crippen LogP contribution is 2.41. The van der Waals surface area contributed by atoms with Gasteiger partial charge in [0.15, 0.2) is 5.96 Å². The number of aryl methyl sites for hydroxylation is 2. The Bertz CT molecular complexity index is 829. The molecule has 146 valence electrons. The highest BCUT2D eigenvalue weighted by Gasteiger charge is 2.40. The molecule has 1 heterocycles. The van der Waals surface area contributed by atoms with Crippen LogP contribution in [0.15, 0.2) is 39.7 Å².